The van der Waals surface area contributed by atoms with E-state index < -0.39 is 32.6 Å². The molecule has 10 heteroatoms. The van der Waals surface area contributed by atoms with Crippen molar-refractivity contribution in [1.29, 1.82) is 0 Å². The second-order valence-corrected chi connectivity index (χ2v) is 9.55. The topological polar surface area (TPSA) is 75.7 Å². The zero-order chi connectivity index (χ0) is 23.5. The number of sulfonamides is 1. The summed E-state index contributed by atoms with van der Waals surface area (Å²) in [6, 6.07) is 11.1. The van der Waals surface area contributed by atoms with E-state index >= 15 is 0 Å². The first-order valence-corrected chi connectivity index (χ1v) is 11.6. The van der Waals surface area contributed by atoms with Gasteiger partial charge in [0.2, 0.25) is 15.9 Å². The van der Waals surface area contributed by atoms with Gasteiger partial charge < -0.3 is 10.1 Å². The third-order valence-corrected chi connectivity index (χ3v) is 7.56. The van der Waals surface area contributed by atoms with E-state index in [9.17, 15) is 26.4 Å². The van der Waals surface area contributed by atoms with Crippen LogP contribution < -0.4 is 10.1 Å². The van der Waals surface area contributed by atoms with Gasteiger partial charge in [-0.3, -0.25) is 4.79 Å². The summed E-state index contributed by atoms with van der Waals surface area (Å²) in [5.74, 6) is -0.0165. The van der Waals surface area contributed by atoms with Crippen molar-refractivity contribution in [2.75, 3.05) is 20.2 Å². The molecule has 1 N–H and O–H groups in total. The van der Waals surface area contributed by atoms with Crippen molar-refractivity contribution in [3.05, 3.63) is 59.7 Å². The molecule has 1 aliphatic heterocycles. The maximum absolute atomic E-state index is 13.3. The predicted molar refractivity (Wildman–Crippen MR) is 112 cm³/mol. The zero-order valence-corrected chi connectivity index (χ0v) is 18.5. The van der Waals surface area contributed by atoms with E-state index in [0.717, 1.165) is 28.1 Å². The third kappa shape index (κ3) is 5.07. The van der Waals surface area contributed by atoms with Gasteiger partial charge in [0, 0.05) is 24.6 Å². The molecular weight excluding hydrogens is 445 g/mol. The Bertz CT molecular complexity index is 1060. The third-order valence-electron chi connectivity index (χ3n) is 5.60. The monoisotopic (exact) mass is 470 g/mol. The standard InChI is InChI=1S/C22H25F3N2O4S/c1-15(17-7-3-5-9-19(17)31-2)26-21(28)16-11-13-27(14-12-16)32(29,30)20-10-6-4-8-18(20)22(23,24)25/h3-10,15-16H,11-14H2,1-2H3,(H,26,28). The molecule has 1 amide bonds. The Hall–Kier alpha value is -2.59. The van der Waals surface area contributed by atoms with Gasteiger partial charge in [-0.2, -0.15) is 17.5 Å². The number of hydrogen-bond donors (Lipinski definition) is 1. The van der Waals surface area contributed by atoms with Crippen LogP contribution in [0.2, 0.25) is 0 Å². The molecular formula is C22H25F3N2O4S. The summed E-state index contributed by atoms with van der Waals surface area (Å²) < 4.78 is 71.9. The van der Waals surface area contributed by atoms with Crippen LogP contribution in [0.5, 0.6) is 5.75 Å². The zero-order valence-electron chi connectivity index (χ0n) is 17.7. The number of methoxy groups -OCH3 is 1. The van der Waals surface area contributed by atoms with Crippen LogP contribution in [0.4, 0.5) is 13.2 Å². The summed E-state index contributed by atoms with van der Waals surface area (Å²) in [7, 11) is -2.79. The van der Waals surface area contributed by atoms with Crippen LogP contribution in [0, 0.1) is 5.92 Å². The molecule has 0 bridgehead atoms. The molecule has 0 aromatic heterocycles. The lowest BCUT2D eigenvalue weighted by Crippen LogP contribution is -2.43. The van der Waals surface area contributed by atoms with E-state index in [1.165, 1.54) is 6.07 Å². The summed E-state index contributed by atoms with van der Waals surface area (Å²) in [5, 5.41) is 2.92. The van der Waals surface area contributed by atoms with Crippen LogP contribution in [-0.4, -0.2) is 38.8 Å². The molecule has 1 aliphatic rings. The van der Waals surface area contributed by atoms with Crippen molar-refractivity contribution in [3.63, 3.8) is 0 Å². The Morgan fingerprint density at radius 1 is 1.09 bits per heavy atom. The van der Waals surface area contributed by atoms with E-state index in [0.29, 0.717) is 5.75 Å². The minimum atomic E-state index is -4.78. The molecule has 1 fully saturated rings. The lowest BCUT2D eigenvalue weighted by molar-refractivity contribution is -0.139. The average Bonchev–Trinajstić information content (AvgIpc) is 2.78. The fourth-order valence-electron chi connectivity index (χ4n) is 3.86. The van der Waals surface area contributed by atoms with E-state index in [2.05, 4.69) is 5.32 Å². The fourth-order valence-corrected chi connectivity index (χ4v) is 5.54. The molecule has 2 aromatic carbocycles. The number of amides is 1. The average molecular weight is 471 g/mol. The highest BCUT2D eigenvalue weighted by atomic mass is 32.2. The summed E-state index contributed by atoms with van der Waals surface area (Å²) in [6.45, 7) is 1.76. The van der Waals surface area contributed by atoms with Gasteiger partial charge in [0.25, 0.3) is 0 Å². The molecule has 1 atom stereocenters. The van der Waals surface area contributed by atoms with Crippen molar-refractivity contribution in [1.82, 2.24) is 9.62 Å². The van der Waals surface area contributed by atoms with Crippen molar-refractivity contribution in [2.24, 2.45) is 5.92 Å². The Morgan fingerprint density at radius 3 is 2.31 bits per heavy atom. The first-order chi connectivity index (χ1) is 15.1. The van der Waals surface area contributed by atoms with Crippen LogP contribution in [0.3, 0.4) is 0 Å². The van der Waals surface area contributed by atoms with Gasteiger partial charge in [0.1, 0.15) is 5.75 Å². The smallest absolute Gasteiger partial charge is 0.417 e. The number of halogens is 3. The summed E-state index contributed by atoms with van der Waals surface area (Å²) in [6.07, 6.45) is -4.34. The molecule has 1 saturated heterocycles. The second kappa shape index (κ2) is 9.50. The Balaban J connectivity index is 1.67. The Kier molecular flexibility index (Phi) is 7.14. The molecule has 0 saturated carbocycles. The number of nitrogens with one attached hydrogen (secondary N) is 1. The highest BCUT2D eigenvalue weighted by Crippen LogP contribution is 2.36. The molecule has 0 spiro atoms. The minimum Gasteiger partial charge on any atom is -0.496 e. The Labute approximate surface area is 185 Å². The van der Waals surface area contributed by atoms with Gasteiger partial charge in [0.15, 0.2) is 0 Å². The van der Waals surface area contributed by atoms with Gasteiger partial charge in [0.05, 0.1) is 23.6 Å². The number of carbonyl (C=O) groups excluding carboxylic acids is 1. The molecule has 0 aliphatic carbocycles. The molecule has 32 heavy (non-hydrogen) atoms. The van der Waals surface area contributed by atoms with Crippen molar-refractivity contribution >= 4 is 15.9 Å². The maximum atomic E-state index is 13.3. The van der Waals surface area contributed by atoms with Crippen molar-refractivity contribution in [3.8, 4) is 5.75 Å². The number of alkyl halides is 3. The second-order valence-electron chi connectivity index (χ2n) is 7.64. The van der Waals surface area contributed by atoms with E-state index in [4.69, 9.17) is 4.74 Å². The lowest BCUT2D eigenvalue weighted by atomic mass is 9.96. The summed E-state index contributed by atoms with van der Waals surface area (Å²) in [4.78, 5) is 12.0. The van der Waals surface area contributed by atoms with Crippen LogP contribution in [0.1, 0.15) is 36.9 Å². The minimum absolute atomic E-state index is 0.0321. The number of carbonyl (C=O) groups is 1. The lowest BCUT2D eigenvalue weighted by Gasteiger charge is -2.31. The molecule has 3 rings (SSSR count). The van der Waals surface area contributed by atoms with Crippen LogP contribution in [0.15, 0.2) is 53.4 Å². The summed E-state index contributed by atoms with van der Waals surface area (Å²) in [5.41, 5.74) is -0.377. The molecule has 174 valence electrons. The Morgan fingerprint density at radius 2 is 1.69 bits per heavy atom. The quantitative estimate of drug-likeness (QED) is 0.693. The molecule has 1 unspecified atom stereocenters. The number of nitrogens with zero attached hydrogens (tertiary/aromatic N) is 1. The van der Waals surface area contributed by atoms with Gasteiger partial charge in [-0.15, -0.1) is 0 Å². The van der Waals surface area contributed by atoms with Gasteiger partial charge in [-0.25, -0.2) is 8.42 Å². The number of ether oxygens (including phenoxy) is 1. The number of hydrogen-bond acceptors (Lipinski definition) is 4. The SMILES string of the molecule is COc1ccccc1C(C)NC(=O)C1CCN(S(=O)(=O)c2ccccc2C(F)(F)F)CC1. The van der Waals surface area contributed by atoms with Gasteiger partial charge in [-0.05, 0) is 38.0 Å². The van der Waals surface area contributed by atoms with Crippen molar-refractivity contribution < 1.29 is 31.1 Å². The fraction of sp³-hybridized carbons (Fsp3) is 0.409. The van der Waals surface area contributed by atoms with Gasteiger partial charge >= 0.3 is 6.18 Å². The maximum Gasteiger partial charge on any atom is 0.417 e. The number of piperidine rings is 1. The molecule has 2 aromatic rings. The summed E-state index contributed by atoms with van der Waals surface area (Å²) >= 11 is 0. The first kappa shape index (κ1) is 24.1. The first-order valence-electron chi connectivity index (χ1n) is 10.2. The molecule has 0 radical (unpaired) electrons. The largest absolute Gasteiger partial charge is 0.496 e. The van der Waals surface area contributed by atoms with Crippen LogP contribution in [-0.2, 0) is 21.0 Å². The molecule has 6 nitrogen and oxygen atoms in total. The highest BCUT2D eigenvalue weighted by Gasteiger charge is 2.40. The van der Waals surface area contributed by atoms with E-state index in [1.54, 1.807) is 13.2 Å². The number of benzene rings is 2. The van der Waals surface area contributed by atoms with Crippen molar-refractivity contribution in [2.45, 2.75) is 36.9 Å². The number of rotatable bonds is 6. The van der Waals surface area contributed by atoms with Crippen LogP contribution in [0.25, 0.3) is 0 Å². The van der Waals surface area contributed by atoms with E-state index in [1.807, 2.05) is 25.1 Å². The molecule has 1 heterocycles. The van der Waals surface area contributed by atoms with Crippen LogP contribution >= 0.6 is 0 Å². The highest BCUT2D eigenvalue weighted by molar-refractivity contribution is 7.89. The normalized spacial score (nSPS) is 17.0. The number of para-hydroxylation sites is 1. The predicted octanol–water partition coefficient (Wildman–Crippen LogP) is 3.99. The van der Waals surface area contributed by atoms with E-state index in [-0.39, 0.29) is 37.9 Å². The van der Waals surface area contributed by atoms with Gasteiger partial charge in [-0.1, -0.05) is 30.3 Å².